The maximum absolute atomic E-state index is 13.3. The Morgan fingerprint density at radius 3 is 2.32 bits per heavy atom. The van der Waals surface area contributed by atoms with Crippen molar-refractivity contribution in [1.29, 1.82) is 0 Å². The first-order valence-corrected chi connectivity index (χ1v) is 9.40. The second kappa shape index (κ2) is 7.74. The summed E-state index contributed by atoms with van der Waals surface area (Å²) in [4.78, 5) is 13.7. The molecule has 0 saturated carbocycles. The number of rotatable bonds is 5. The SMILES string of the molecule is O=C(NCc1ccc(F)cc1)c1cc(-c2cccs2)nn1-c1ccc(F)cc1. The van der Waals surface area contributed by atoms with Crippen LogP contribution >= 0.6 is 11.3 Å². The second-order valence-electron chi connectivity index (χ2n) is 6.09. The molecule has 0 unspecified atom stereocenters. The zero-order valence-electron chi connectivity index (χ0n) is 14.6. The van der Waals surface area contributed by atoms with Crippen LogP contribution in [0.5, 0.6) is 0 Å². The Balaban J connectivity index is 1.64. The Morgan fingerprint density at radius 1 is 1.00 bits per heavy atom. The molecule has 0 atom stereocenters. The highest BCUT2D eigenvalue weighted by Crippen LogP contribution is 2.26. The molecule has 1 amide bonds. The quantitative estimate of drug-likeness (QED) is 0.527. The van der Waals surface area contributed by atoms with Crippen LogP contribution in [0.3, 0.4) is 0 Å². The van der Waals surface area contributed by atoms with Gasteiger partial charge in [0.25, 0.3) is 5.91 Å². The monoisotopic (exact) mass is 395 g/mol. The van der Waals surface area contributed by atoms with Crippen molar-refractivity contribution >= 4 is 17.2 Å². The third kappa shape index (κ3) is 3.84. The number of aromatic nitrogens is 2. The van der Waals surface area contributed by atoms with Gasteiger partial charge in [-0.15, -0.1) is 11.3 Å². The van der Waals surface area contributed by atoms with E-state index in [0.717, 1.165) is 10.4 Å². The number of halogens is 2. The Labute approximate surface area is 164 Å². The standard InChI is InChI=1S/C21H15F2N3OS/c22-15-5-3-14(4-6-15)13-24-21(27)19-12-18(20-2-1-11-28-20)25-26(19)17-9-7-16(23)8-10-17/h1-12H,13H2,(H,24,27). The van der Waals surface area contributed by atoms with Gasteiger partial charge in [-0.05, 0) is 59.5 Å². The van der Waals surface area contributed by atoms with Gasteiger partial charge in [0.05, 0.1) is 10.6 Å². The summed E-state index contributed by atoms with van der Waals surface area (Å²) in [6, 6.07) is 17.2. The van der Waals surface area contributed by atoms with Crippen LogP contribution in [-0.2, 0) is 6.54 Å². The highest BCUT2D eigenvalue weighted by Gasteiger charge is 2.18. The number of hydrogen-bond acceptors (Lipinski definition) is 3. The van der Waals surface area contributed by atoms with E-state index in [1.807, 2.05) is 17.5 Å². The van der Waals surface area contributed by atoms with Crippen LogP contribution in [-0.4, -0.2) is 15.7 Å². The van der Waals surface area contributed by atoms with E-state index in [1.54, 1.807) is 30.3 Å². The van der Waals surface area contributed by atoms with E-state index < -0.39 is 0 Å². The van der Waals surface area contributed by atoms with Crippen LogP contribution in [0.15, 0.2) is 72.1 Å². The number of amides is 1. The first-order chi connectivity index (χ1) is 13.6. The average Bonchev–Trinajstić information content (AvgIpc) is 3.38. The van der Waals surface area contributed by atoms with Crippen molar-refractivity contribution in [2.75, 3.05) is 0 Å². The molecule has 0 radical (unpaired) electrons. The van der Waals surface area contributed by atoms with Crippen LogP contribution in [0, 0.1) is 11.6 Å². The fraction of sp³-hybridized carbons (Fsp3) is 0.0476. The van der Waals surface area contributed by atoms with Crippen molar-refractivity contribution < 1.29 is 13.6 Å². The lowest BCUT2D eigenvalue weighted by molar-refractivity contribution is 0.0943. The van der Waals surface area contributed by atoms with Gasteiger partial charge in [-0.1, -0.05) is 18.2 Å². The maximum Gasteiger partial charge on any atom is 0.270 e. The van der Waals surface area contributed by atoms with Gasteiger partial charge in [-0.2, -0.15) is 5.10 Å². The minimum Gasteiger partial charge on any atom is -0.347 e. The number of benzene rings is 2. The summed E-state index contributed by atoms with van der Waals surface area (Å²) in [6.07, 6.45) is 0. The predicted molar refractivity (Wildman–Crippen MR) is 104 cm³/mol. The van der Waals surface area contributed by atoms with Crippen molar-refractivity contribution in [2.24, 2.45) is 0 Å². The van der Waals surface area contributed by atoms with Crippen molar-refractivity contribution in [2.45, 2.75) is 6.54 Å². The van der Waals surface area contributed by atoms with Gasteiger partial charge >= 0.3 is 0 Å². The molecular formula is C21H15F2N3OS. The third-order valence-electron chi connectivity index (χ3n) is 4.15. The van der Waals surface area contributed by atoms with Gasteiger partial charge in [0.15, 0.2) is 0 Å². The number of nitrogens with one attached hydrogen (secondary N) is 1. The van der Waals surface area contributed by atoms with Crippen LogP contribution in [0.2, 0.25) is 0 Å². The minimum atomic E-state index is -0.364. The molecule has 0 bridgehead atoms. The largest absolute Gasteiger partial charge is 0.347 e. The molecule has 0 saturated heterocycles. The van der Waals surface area contributed by atoms with E-state index in [1.165, 1.54) is 40.3 Å². The van der Waals surface area contributed by atoms with Crippen molar-refractivity contribution in [3.05, 3.63) is 95.0 Å². The molecule has 0 fully saturated rings. The molecular weight excluding hydrogens is 380 g/mol. The van der Waals surface area contributed by atoms with Gasteiger partial charge < -0.3 is 5.32 Å². The summed E-state index contributed by atoms with van der Waals surface area (Å²) in [6.45, 7) is 0.252. The van der Waals surface area contributed by atoms with E-state index in [2.05, 4.69) is 10.4 Å². The Kier molecular flexibility index (Phi) is 4.99. The van der Waals surface area contributed by atoms with Gasteiger partial charge in [-0.25, -0.2) is 13.5 Å². The number of nitrogens with zero attached hydrogens (tertiary/aromatic N) is 2. The lowest BCUT2D eigenvalue weighted by Gasteiger charge is -2.08. The summed E-state index contributed by atoms with van der Waals surface area (Å²) >= 11 is 1.52. The molecule has 0 aliphatic heterocycles. The van der Waals surface area contributed by atoms with E-state index in [4.69, 9.17) is 0 Å². The molecule has 28 heavy (non-hydrogen) atoms. The van der Waals surface area contributed by atoms with Crippen LogP contribution in [0.4, 0.5) is 8.78 Å². The van der Waals surface area contributed by atoms with Gasteiger partial charge in [0.1, 0.15) is 23.0 Å². The van der Waals surface area contributed by atoms with Crippen molar-refractivity contribution in [1.82, 2.24) is 15.1 Å². The molecule has 2 aromatic heterocycles. The fourth-order valence-corrected chi connectivity index (χ4v) is 3.42. The highest BCUT2D eigenvalue weighted by atomic mass is 32.1. The molecule has 4 aromatic rings. The zero-order valence-corrected chi connectivity index (χ0v) is 15.4. The molecule has 2 heterocycles. The molecule has 2 aromatic carbocycles. The summed E-state index contributed by atoms with van der Waals surface area (Å²) in [5.41, 5.74) is 2.35. The predicted octanol–water partition coefficient (Wildman–Crippen LogP) is 4.81. The highest BCUT2D eigenvalue weighted by molar-refractivity contribution is 7.13. The fourth-order valence-electron chi connectivity index (χ4n) is 2.74. The molecule has 0 aliphatic rings. The van der Waals surface area contributed by atoms with E-state index >= 15 is 0 Å². The van der Waals surface area contributed by atoms with Crippen LogP contribution in [0.25, 0.3) is 16.3 Å². The second-order valence-corrected chi connectivity index (χ2v) is 7.04. The summed E-state index contributed by atoms with van der Waals surface area (Å²) in [5, 5.41) is 9.29. The maximum atomic E-state index is 13.3. The summed E-state index contributed by atoms with van der Waals surface area (Å²) in [7, 11) is 0. The molecule has 140 valence electrons. The third-order valence-corrected chi connectivity index (χ3v) is 5.05. The van der Waals surface area contributed by atoms with Gasteiger partial charge in [-0.3, -0.25) is 4.79 Å². The van der Waals surface area contributed by atoms with Gasteiger partial charge in [0.2, 0.25) is 0 Å². The lowest BCUT2D eigenvalue weighted by atomic mass is 10.2. The van der Waals surface area contributed by atoms with Crippen LogP contribution in [0.1, 0.15) is 16.1 Å². The lowest BCUT2D eigenvalue weighted by Crippen LogP contribution is -2.25. The molecule has 4 rings (SSSR count). The first kappa shape index (κ1) is 18.1. The normalized spacial score (nSPS) is 10.8. The molecule has 7 heteroatoms. The Bertz CT molecular complexity index is 1090. The molecule has 1 N–H and O–H groups in total. The van der Waals surface area contributed by atoms with E-state index in [0.29, 0.717) is 17.1 Å². The number of hydrogen-bond donors (Lipinski definition) is 1. The van der Waals surface area contributed by atoms with E-state index in [-0.39, 0.29) is 24.1 Å². The number of carbonyl (C=O) groups is 1. The summed E-state index contributed by atoms with van der Waals surface area (Å²) in [5.74, 6) is -1.02. The molecule has 0 spiro atoms. The number of carbonyl (C=O) groups excluding carboxylic acids is 1. The van der Waals surface area contributed by atoms with Crippen molar-refractivity contribution in [3.8, 4) is 16.3 Å². The first-order valence-electron chi connectivity index (χ1n) is 8.53. The Morgan fingerprint density at radius 2 is 1.68 bits per heavy atom. The topological polar surface area (TPSA) is 46.9 Å². The minimum absolute atomic E-state index is 0.252. The smallest absolute Gasteiger partial charge is 0.270 e. The van der Waals surface area contributed by atoms with Gasteiger partial charge in [0, 0.05) is 6.54 Å². The number of thiophene rings is 1. The average molecular weight is 395 g/mol. The van der Waals surface area contributed by atoms with Crippen molar-refractivity contribution in [3.63, 3.8) is 0 Å². The zero-order chi connectivity index (χ0) is 19.5. The van der Waals surface area contributed by atoms with Crippen LogP contribution < -0.4 is 5.32 Å². The Hall–Kier alpha value is -3.32. The molecule has 0 aliphatic carbocycles. The molecule has 4 nitrogen and oxygen atoms in total. The van der Waals surface area contributed by atoms with E-state index in [9.17, 15) is 13.6 Å². The summed E-state index contributed by atoms with van der Waals surface area (Å²) < 4.78 is 27.8.